The molecule has 0 unspecified atom stereocenters. The van der Waals surface area contributed by atoms with Gasteiger partial charge in [-0.2, -0.15) is 0 Å². The first-order valence-corrected chi connectivity index (χ1v) is 8.91. The van der Waals surface area contributed by atoms with Gasteiger partial charge in [-0.15, -0.1) is 0 Å². The van der Waals surface area contributed by atoms with Crippen LogP contribution in [0.25, 0.3) is 0 Å². The molecule has 9 heteroatoms. The second kappa shape index (κ2) is 11.0. The lowest BCUT2D eigenvalue weighted by Gasteiger charge is -2.25. The SMILES string of the molecule is CCOC(=O)C[C@H](C)[C@H](NC(=O)[C@@H](Cc1ccccc1F)NC(C)=O)C(N)=O. The molecule has 0 heterocycles. The van der Waals surface area contributed by atoms with Crippen LogP contribution < -0.4 is 16.4 Å². The number of primary amides is 1. The summed E-state index contributed by atoms with van der Waals surface area (Å²) >= 11 is 0. The summed E-state index contributed by atoms with van der Waals surface area (Å²) in [6.07, 6.45) is -0.240. The molecule has 0 bridgehead atoms. The number of amides is 3. The zero-order valence-electron chi connectivity index (χ0n) is 16.2. The van der Waals surface area contributed by atoms with Crippen molar-refractivity contribution in [3.8, 4) is 0 Å². The zero-order valence-corrected chi connectivity index (χ0v) is 16.2. The molecule has 0 radical (unpaired) electrons. The van der Waals surface area contributed by atoms with Crippen molar-refractivity contribution in [2.45, 2.75) is 45.7 Å². The summed E-state index contributed by atoms with van der Waals surface area (Å²) < 4.78 is 18.8. The lowest BCUT2D eigenvalue weighted by atomic mass is 9.96. The van der Waals surface area contributed by atoms with Crippen molar-refractivity contribution >= 4 is 23.7 Å². The predicted octanol–water partition coefficient (Wildman–Crippen LogP) is 0.432. The first-order valence-electron chi connectivity index (χ1n) is 8.91. The highest BCUT2D eigenvalue weighted by molar-refractivity contribution is 5.91. The number of carbonyl (C=O) groups excluding carboxylic acids is 4. The number of esters is 1. The van der Waals surface area contributed by atoms with Gasteiger partial charge in [0.25, 0.3) is 0 Å². The van der Waals surface area contributed by atoms with Crippen LogP contribution in [0.1, 0.15) is 32.8 Å². The number of nitrogens with two attached hydrogens (primary N) is 1. The third-order valence-electron chi connectivity index (χ3n) is 4.04. The minimum atomic E-state index is -1.16. The van der Waals surface area contributed by atoms with Crippen LogP contribution >= 0.6 is 0 Å². The maximum absolute atomic E-state index is 13.9. The van der Waals surface area contributed by atoms with E-state index in [-0.39, 0.29) is 25.0 Å². The lowest BCUT2D eigenvalue weighted by Crippen LogP contribution is -2.55. The molecule has 4 N–H and O–H groups in total. The zero-order chi connectivity index (χ0) is 21.3. The van der Waals surface area contributed by atoms with Gasteiger partial charge in [0.15, 0.2) is 0 Å². The number of nitrogens with one attached hydrogen (secondary N) is 2. The van der Waals surface area contributed by atoms with Gasteiger partial charge in [-0.05, 0) is 24.5 Å². The summed E-state index contributed by atoms with van der Waals surface area (Å²) in [4.78, 5) is 47.5. The Kier molecular flexibility index (Phi) is 9.07. The summed E-state index contributed by atoms with van der Waals surface area (Å²) in [5, 5.41) is 4.89. The van der Waals surface area contributed by atoms with Crippen LogP contribution in [0.5, 0.6) is 0 Å². The van der Waals surface area contributed by atoms with Gasteiger partial charge in [0.1, 0.15) is 17.9 Å². The highest BCUT2D eigenvalue weighted by Crippen LogP contribution is 2.12. The van der Waals surface area contributed by atoms with Crippen molar-refractivity contribution < 1.29 is 28.3 Å². The number of hydrogen-bond donors (Lipinski definition) is 3. The fourth-order valence-corrected chi connectivity index (χ4v) is 2.69. The van der Waals surface area contributed by atoms with E-state index in [1.165, 1.54) is 25.1 Å². The van der Waals surface area contributed by atoms with Crippen molar-refractivity contribution in [3.63, 3.8) is 0 Å². The molecular formula is C19H26FN3O5. The number of rotatable bonds is 10. The van der Waals surface area contributed by atoms with Crippen molar-refractivity contribution in [2.24, 2.45) is 11.7 Å². The third kappa shape index (κ3) is 7.34. The molecular weight excluding hydrogens is 369 g/mol. The molecule has 1 rings (SSSR count). The summed E-state index contributed by atoms with van der Waals surface area (Å²) in [7, 11) is 0. The van der Waals surface area contributed by atoms with Gasteiger partial charge in [0, 0.05) is 13.3 Å². The predicted molar refractivity (Wildman–Crippen MR) is 99.2 cm³/mol. The van der Waals surface area contributed by atoms with Crippen molar-refractivity contribution in [2.75, 3.05) is 6.61 Å². The highest BCUT2D eigenvalue weighted by atomic mass is 19.1. The first kappa shape index (κ1) is 23.1. The molecule has 0 saturated heterocycles. The Morgan fingerprint density at radius 3 is 2.36 bits per heavy atom. The van der Waals surface area contributed by atoms with E-state index in [2.05, 4.69) is 10.6 Å². The molecule has 1 aromatic rings. The van der Waals surface area contributed by atoms with Crippen LogP contribution in [0.2, 0.25) is 0 Å². The monoisotopic (exact) mass is 395 g/mol. The van der Waals surface area contributed by atoms with E-state index in [0.29, 0.717) is 0 Å². The molecule has 0 spiro atoms. The number of carbonyl (C=O) groups is 4. The van der Waals surface area contributed by atoms with Crippen LogP contribution in [0.3, 0.4) is 0 Å². The smallest absolute Gasteiger partial charge is 0.306 e. The van der Waals surface area contributed by atoms with Crippen molar-refractivity contribution in [1.29, 1.82) is 0 Å². The van der Waals surface area contributed by atoms with Gasteiger partial charge in [-0.25, -0.2) is 4.39 Å². The molecule has 0 fully saturated rings. The minimum Gasteiger partial charge on any atom is -0.466 e. The van der Waals surface area contributed by atoms with Crippen LogP contribution in [-0.2, 0) is 30.3 Å². The van der Waals surface area contributed by atoms with E-state index in [0.717, 1.165) is 0 Å². The molecule has 3 atom stereocenters. The normalized spacial score (nSPS) is 13.7. The standard InChI is InChI=1S/C19H26FN3O5/c1-4-28-16(25)9-11(2)17(18(21)26)23-19(27)15(22-12(3)24)10-13-7-5-6-8-14(13)20/h5-8,11,15,17H,4,9-10H2,1-3H3,(H2,21,26)(H,22,24)(H,23,27)/t11-,15+,17-/m0/s1. The molecule has 8 nitrogen and oxygen atoms in total. The Morgan fingerprint density at radius 2 is 1.82 bits per heavy atom. The van der Waals surface area contributed by atoms with Gasteiger partial charge in [0.05, 0.1) is 13.0 Å². The fourth-order valence-electron chi connectivity index (χ4n) is 2.69. The van der Waals surface area contributed by atoms with Gasteiger partial charge < -0.3 is 21.1 Å². The quantitative estimate of drug-likeness (QED) is 0.495. The maximum Gasteiger partial charge on any atom is 0.306 e. The molecule has 0 aromatic heterocycles. The van der Waals surface area contributed by atoms with Gasteiger partial charge in [0.2, 0.25) is 17.7 Å². The third-order valence-corrected chi connectivity index (χ3v) is 4.04. The Labute approximate surface area is 163 Å². The number of hydrogen-bond acceptors (Lipinski definition) is 5. The van der Waals surface area contributed by atoms with Crippen LogP contribution in [0, 0.1) is 11.7 Å². The second-order valence-corrected chi connectivity index (χ2v) is 6.42. The van der Waals surface area contributed by atoms with Crippen LogP contribution in [-0.4, -0.2) is 42.4 Å². The van der Waals surface area contributed by atoms with Crippen LogP contribution in [0.15, 0.2) is 24.3 Å². The number of halogens is 1. The minimum absolute atomic E-state index is 0.115. The molecule has 3 amide bonds. The number of benzene rings is 1. The Balaban J connectivity index is 2.93. The Hall–Kier alpha value is -2.97. The van der Waals surface area contributed by atoms with Gasteiger partial charge >= 0.3 is 5.97 Å². The molecule has 28 heavy (non-hydrogen) atoms. The van der Waals surface area contributed by atoms with Gasteiger partial charge in [-0.3, -0.25) is 19.2 Å². The number of ether oxygens (including phenoxy) is 1. The molecule has 0 aliphatic rings. The fraction of sp³-hybridized carbons (Fsp3) is 0.474. The van der Waals surface area contributed by atoms with Gasteiger partial charge in [-0.1, -0.05) is 25.1 Å². The second-order valence-electron chi connectivity index (χ2n) is 6.42. The van der Waals surface area contributed by atoms with E-state index >= 15 is 0 Å². The highest BCUT2D eigenvalue weighted by Gasteiger charge is 2.30. The molecule has 0 saturated carbocycles. The topological polar surface area (TPSA) is 128 Å². The summed E-state index contributed by atoms with van der Waals surface area (Å²) in [5.74, 6) is -3.72. The van der Waals surface area contributed by atoms with E-state index < -0.39 is 47.5 Å². The van der Waals surface area contributed by atoms with E-state index in [1.807, 2.05) is 0 Å². The average molecular weight is 395 g/mol. The van der Waals surface area contributed by atoms with Crippen molar-refractivity contribution in [1.82, 2.24) is 10.6 Å². The van der Waals surface area contributed by atoms with Crippen molar-refractivity contribution in [3.05, 3.63) is 35.6 Å². The largest absolute Gasteiger partial charge is 0.466 e. The summed E-state index contributed by atoms with van der Waals surface area (Å²) in [6.45, 7) is 4.62. The molecule has 154 valence electrons. The summed E-state index contributed by atoms with van der Waals surface area (Å²) in [6, 6.07) is 3.57. The van der Waals surface area contributed by atoms with E-state index in [1.54, 1.807) is 19.9 Å². The maximum atomic E-state index is 13.9. The average Bonchev–Trinajstić information content (AvgIpc) is 2.60. The molecule has 0 aliphatic heterocycles. The van der Waals surface area contributed by atoms with E-state index in [9.17, 15) is 23.6 Å². The van der Waals surface area contributed by atoms with Crippen LogP contribution in [0.4, 0.5) is 4.39 Å². The van der Waals surface area contributed by atoms with E-state index in [4.69, 9.17) is 10.5 Å². The first-order chi connectivity index (χ1) is 13.1. The Bertz CT molecular complexity index is 725. The lowest BCUT2D eigenvalue weighted by molar-refractivity contribution is -0.145. The molecule has 1 aromatic carbocycles. The molecule has 0 aliphatic carbocycles. The Morgan fingerprint density at radius 1 is 1.18 bits per heavy atom. The summed E-state index contributed by atoms with van der Waals surface area (Å²) in [5.41, 5.74) is 5.59.